The Morgan fingerprint density at radius 1 is 1.40 bits per heavy atom. The molecule has 0 fully saturated rings. The number of benzene rings is 1. The van der Waals surface area contributed by atoms with Crippen LogP contribution in [0.25, 0.3) is 0 Å². The van der Waals surface area contributed by atoms with Crippen molar-refractivity contribution in [1.29, 1.82) is 0 Å². The minimum absolute atomic E-state index is 0.151. The monoisotopic (exact) mass is 295 g/mol. The lowest BCUT2D eigenvalue weighted by Gasteiger charge is -2.11. The maximum Gasteiger partial charge on any atom is 0.177 e. The lowest BCUT2D eigenvalue weighted by molar-refractivity contribution is 0.602. The summed E-state index contributed by atoms with van der Waals surface area (Å²) in [5.41, 5.74) is 6.77. The number of hydrogen-bond acceptors (Lipinski definition) is 6. The van der Waals surface area contributed by atoms with Gasteiger partial charge in [0.15, 0.2) is 9.84 Å². The second kappa shape index (κ2) is 5.91. The number of nitrogens with zero attached hydrogens (tertiary/aromatic N) is 2. The van der Waals surface area contributed by atoms with E-state index in [-0.39, 0.29) is 10.6 Å². The second-order valence-electron chi connectivity index (χ2n) is 4.45. The minimum atomic E-state index is -3.31. The number of anilines is 2. The van der Waals surface area contributed by atoms with Gasteiger partial charge in [0.1, 0.15) is 12.2 Å². The summed E-state index contributed by atoms with van der Waals surface area (Å²) in [7, 11) is -3.31. The molecule has 7 nitrogen and oxygen atoms in total. The van der Waals surface area contributed by atoms with E-state index in [4.69, 9.17) is 5.73 Å². The van der Waals surface area contributed by atoms with E-state index in [1.54, 1.807) is 12.1 Å². The van der Waals surface area contributed by atoms with Crippen LogP contribution in [0, 0.1) is 0 Å². The van der Waals surface area contributed by atoms with Crippen LogP contribution in [-0.2, 0) is 16.3 Å². The van der Waals surface area contributed by atoms with Crippen LogP contribution < -0.4 is 11.1 Å². The van der Waals surface area contributed by atoms with Gasteiger partial charge in [-0.3, -0.25) is 5.10 Å². The van der Waals surface area contributed by atoms with Gasteiger partial charge in [-0.2, -0.15) is 5.10 Å². The third-order valence-corrected chi connectivity index (χ3v) is 3.99. The van der Waals surface area contributed by atoms with E-state index in [9.17, 15) is 8.42 Å². The molecule has 0 aliphatic heterocycles. The van der Waals surface area contributed by atoms with Crippen molar-refractivity contribution in [3.05, 3.63) is 30.4 Å². The summed E-state index contributed by atoms with van der Waals surface area (Å²) in [4.78, 5) is 4.18. The van der Waals surface area contributed by atoms with Crippen molar-refractivity contribution in [2.24, 2.45) is 0 Å². The van der Waals surface area contributed by atoms with Crippen molar-refractivity contribution in [1.82, 2.24) is 15.2 Å². The van der Waals surface area contributed by atoms with Gasteiger partial charge in [-0.15, -0.1) is 0 Å². The molecule has 8 heteroatoms. The predicted octanol–water partition coefficient (Wildman–Crippen LogP) is 0.835. The molecule has 0 unspecified atom stereocenters. The van der Waals surface area contributed by atoms with Gasteiger partial charge in [-0.05, 0) is 18.6 Å². The summed E-state index contributed by atoms with van der Waals surface area (Å²) in [6.07, 6.45) is 4.21. The summed E-state index contributed by atoms with van der Waals surface area (Å²) in [5, 5.41) is 9.69. The van der Waals surface area contributed by atoms with Gasteiger partial charge in [0, 0.05) is 19.2 Å². The van der Waals surface area contributed by atoms with Crippen molar-refractivity contribution in [3.8, 4) is 0 Å². The van der Waals surface area contributed by atoms with Gasteiger partial charge in [0.25, 0.3) is 0 Å². The first kappa shape index (κ1) is 14.3. The first-order valence-corrected chi connectivity index (χ1v) is 8.04. The van der Waals surface area contributed by atoms with Crippen LogP contribution in [0.15, 0.2) is 29.4 Å². The van der Waals surface area contributed by atoms with Gasteiger partial charge >= 0.3 is 0 Å². The van der Waals surface area contributed by atoms with E-state index in [2.05, 4.69) is 20.5 Å². The Balaban J connectivity index is 1.96. The Morgan fingerprint density at radius 2 is 2.20 bits per heavy atom. The number of sulfone groups is 1. The third kappa shape index (κ3) is 3.47. The van der Waals surface area contributed by atoms with E-state index >= 15 is 0 Å². The minimum Gasteiger partial charge on any atom is -0.396 e. The van der Waals surface area contributed by atoms with Crippen LogP contribution in [0.2, 0.25) is 0 Å². The maximum atomic E-state index is 11.6. The van der Waals surface area contributed by atoms with E-state index < -0.39 is 9.84 Å². The number of nitrogens with two attached hydrogens (primary N) is 1. The topological polar surface area (TPSA) is 114 Å². The first-order chi connectivity index (χ1) is 9.48. The van der Waals surface area contributed by atoms with Gasteiger partial charge in [-0.25, -0.2) is 13.4 Å². The molecule has 0 atom stereocenters. The van der Waals surface area contributed by atoms with Crippen LogP contribution >= 0.6 is 0 Å². The highest BCUT2D eigenvalue weighted by Crippen LogP contribution is 2.26. The smallest absolute Gasteiger partial charge is 0.177 e. The zero-order valence-electron chi connectivity index (χ0n) is 11.1. The fourth-order valence-electron chi connectivity index (χ4n) is 1.85. The third-order valence-electron chi connectivity index (χ3n) is 2.84. The molecule has 4 N–H and O–H groups in total. The van der Waals surface area contributed by atoms with Gasteiger partial charge in [0.05, 0.1) is 16.3 Å². The number of para-hydroxylation sites is 1. The highest BCUT2D eigenvalue weighted by molar-refractivity contribution is 7.90. The fraction of sp³-hybridized carbons (Fsp3) is 0.333. The molecule has 1 heterocycles. The zero-order valence-corrected chi connectivity index (χ0v) is 11.9. The molecule has 0 aliphatic carbocycles. The lowest BCUT2D eigenvalue weighted by atomic mass is 10.2. The Morgan fingerprint density at radius 3 is 2.85 bits per heavy atom. The standard InChI is InChI=1S/C12H17N5O2S/c1-20(18,19)10-5-2-4-9(12(10)13)14-7-3-6-11-15-8-16-17-11/h2,4-5,8,14H,3,6-7,13H2,1H3,(H,15,16,17). The molecule has 2 rings (SSSR count). The van der Waals surface area contributed by atoms with Crippen molar-refractivity contribution in [2.75, 3.05) is 23.9 Å². The molecule has 2 aromatic rings. The van der Waals surface area contributed by atoms with Crippen LogP contribution in [0.1, 0.15) is 12.2 Å². The molecular formula is C12H17N5O2S. The number of nitrogens with one attached hydrogen (secondary N) is 2. The van der Waals surface area contributed by atoms with Crippen molar-refractivity contribution >= 4 is 21.2 Å². The van der Waals surface area contributed by atoms with Gasteiger partial charge in [0.2, 0.25) is 0 Å². The van der Waals surface area contributed by atoms with Crippen LogP contribution in [-0.4, -0.2) is 36.4 Å². The Kier molecular flexibility index (Phi) is 4.23. The molecule has 0 radical (unpaired) electrons. The Labute approximate surface area is 117 Å². The number of H-pyrrole nitrogens is 1. The molecular weight excluding hydrogens is 278 g/mol. The molecule has 0 bridgehead atoms. The number of aromatic nitrogens is 3. The molecule has 1 aromatic carbocycles. The van der Waals surface area contributed by atoms with E-state index in [0.29, 0.717) is 12.2 Å². The van der Waals surface area contributed by atoms with Gasteiger partial charge in [-0.1, -0.05) is 6.07 Å². The number of rotatable bonds is 6. The molecule has 0 saturated heterocycles. The lowest BCUT2D eigenvalue weighted by Crippen LogP contribution is -2.09. The quantitative estimate of drug-likeness (QED) is 0.537. The number of nitrogen functional groups attached to an aromatic ring is 1. The fourth-order valence-corrected chi connectivity index (χ4v) is 2.69. The molecule has 0 amide bonds. The van der Waals surface area contributed by atoms with Crippen LogP contribution in [0.5, 0.6) is 0 Å². The van der Waals surface area contributed by atoms with Crippen molar-refractivity contribution in [3.63, 3.8) is 0 Å². The Hall–Kier alpha value is -2.09. The normalized spacial score (nSPS) is 11.4. The number of hydrogen-bond donors (Lipinski definition) is 3. The zero-order chi connectivity index (χ0) is 14.6. The summed E-state index contributed by atoms with van der Waals surface area (Å²) < 4.78 is 23.1. The average Bonchev–Trinajstić information content (AvgIpc) is 2.88. The summed E-state index contributed by atoms with van der Waals surface area (Å²) in [6, 6.07) is 4.94. The van der Waals surface area contributed by atoms with Gasteiger partial charge < -0.3 is 11.1 Å². The van der Waals surface area contributed by atoms with Crippen LogP contribution in [0.4, 0.5) is 11.4 Å². The largest absolute Gasteiger partial charge is 0.396 e. The molecule has 0 saturated carbocycles. The molecule has 0 aliphatic rings. The van der Waals surface area contributed by atoms with E-state index in [1.807, 2.05) is 0 Å². The second-order valence-corrected chi connectivity index (χ2v) is 6.44. The predicted molar refractivity (Wildman–Crippen MR) is 77.2 cm³/mol. The SMILES string of the molecule is CS(=O)(=O)c1cccc(NCCCc2ncn[nH]2)c1N. The highest BCUT2D eigenvalue weighted by atomic mass is 32.2. The molecule has 0 spiro atoms. The number of aromatic amines is 1. The molecule has 108 valence electrons. The number of aryl methyl sites for hydroxylation is 1. The van der Waals surface area contributed by atoms with Crippen molar-refractivity contribution in [2.45, 2.75) is 17.7 Å². The van der Waals surface area contributed by atoms with E-state index in [1.165, 1.54) is 12.4 Å². The molecule has 1 aromatic heterocycles. The van der Waals surface area contributed by atoms with Crippen molar-refractivity contribution < 1.29 is 8.42 Å². The maximum absolute atomic E-state index is 11.6. The molecule has 20 heavy (non-hydrogen) atoms. The van der Waals surface area contributed by atoms with Crippen LogP contribution in [0.3, 0.4) is 0 Å². The highest BCUT2D eigenvalue weighted by Gasteiger charge is 2.13. The van der Waals surface area contributed by atoms with E-state index in [0.717, 1.165) is 24.9 Å². The summed E-state index contributed by atoms with van der Waals surface area (Å²) in [5.74, 6) is 0.824. The average molecular weight is 295 g/mol. The first-order valence-electron chi connectivity index (χ1n) is 6.15. The Bertz CT molecular complexity index is 667. The summed E-state index contributed by atoms with van der Waals surface area (Å²) >= 11 is 0. The summed E-state index contributed by atoms with van der Waals surface area (Å²) in [6.45, 7) is 0.665.